The van der Waals surface area contributed by atoms with Gasteiger partial charge in [-0.3, -0.25) is 4.79 Å². The van der Waals surface area contributed by atoms with Crippen LogP contribution in [-0.2, 0) is 4.79 Å². The number of benzene rings is 1. The Labute approximate surface area is 101 Å². The number of imidazole rings is 1. The van der Waals surface area contributed by atoms with Crippen LogP contribution in [0.3, 0.4) is 0 Å². The molecule has 0 aliphatic heterocycles. The summed E-state index contributed by atoms with van der Waals surface area (Å²) in [5.74, 6) is 0. The van der Waals surface area contributed by atoms with E-state index in [0.717, 1.165) is 21.9 Å². The highest BCUT2D eigenvalue weighted by Crippen LogP contribution is 2.28. The highest BCUT2D eigenvalue weighted by atomic mass is 16.1. The van der Waals surface area contributed by atoms with Crippen molar-refractivity contribution in [2.24, 2.45) is 0 Å². The molecule has 0 fully saturated rings. The Hall–Kier alpha value is -2.94. The molecule has 6 nitrogen and oxygen atoms in total. The SMILES string of the molecule is N#Cc1c[nH]c2cc3ncnc3cc2c1NC=O. The summed E-state index contributed by atoms with van der Waals surface area (Å²) in [5, 5.41) is 12.3. The van der Waals surface area contributed by atoms with Gasteiger partial charge < -0.3 is 10.3 Å². The molecule has 2 N–H and O–H groups in total. The number of aromatic nitrogens is 3. The number of hydrogen-bond donors (Lipinski definition) is 2. The second kappa shape index (κ2) is 3.82. The minimum Gasteiger partial charge on any atom is -0.360 e. The molecule has 0 aliphatic carbocycles. The van der Waals surface area contributed by atoms with Gasteiger partial charge in [-0.25, -0.2) is 9.97 Å². The number of amides is 1. The van der Waals surface area contributed by atoms with Gasteiger partial charge in [0, 0.05) is 17.1 Å². The molecular weight excluding hydrogens is 230 g/mol. The summed E-state index contributed by atoms with van der Waals surface area (Å²) in [6.07, 6.45) is 3.58. The fourth-order valence-corrected chi connectivity index (χ4v) is 1.93. The number of fused-ring (bicyclic) bond motifs is 2. The molecule has 0 saturated carbocycles. The molecule has 3 aromatic rings. The van der Waals surface area contributed by atoms with Crippen molar-refractivity contribution in [1.29, 1.82) is 5.26 Å². The Kier molecular flexibility index (Phi) is 2.17. The summed E-state index contributed by atoms with van der Waals surface area (Å²) >= 11 is 0. The quantitative estimate of drug-likeness (QED) is 0.661. The summed E-state index contributed by atoms with van der Waals surface area (Å²) in [7, 11) is 0. The van der Waals surface area contributed by atoms with E-state index in [1.807, 2.05) is 12.1 Å². The predicted octanol–water partition coefficient (Wildman–Crippen LogP) is 1.55. The molecule has 1 aromatic carbocycles. The molecule has 6 heteroatoms. The zero-order chi connectivity index (χ0) is 12.5. The number of H-pyrrole nitrogens is 1. The lowest BCUT2D eigenvalue weighted by molar-refractivity contribution is -0.105. The van der Waals surface area contributed by atoms with Crippen molar-refractivity contribution in [3.8, 4) is 6.07 Å². The van der Waals surface area contributed by atoms with E-state index in [-0.39, 0.29) is 0 Å². The van der Waals surface area contributed by atoms with Crippen molar-refractivity contribution in [3.63, 3.8) is 0 Å². The first-order chi connectivity index (χ1) is 8.83. The first-order valence-electron chi connectivity index (χ1n) is 5.19. The number of hydrogen-bond acceptors (Lipinski definition) is 4. The molecule has 0 atom stereocenters. The van der Waals surface area contributed by atoms with Gasteiger partial charge in [0.25, 0.3) is 0 Å². The second-order valence-corrected chi connectivity index (χ2v) is 3.71. The standard InChI is InChI=1S/C12H7N5O/c13-3-7-4-14-9-2-11-10(15-5-16-11)1-8(9)12(7)17-6-18/h1-2,4-6,14H,(H,17,18). The van der Waals surface area contributed by atoms with Crippen molar-refractivity contribution in [2.45, 2.75) is 0 Å². The molecule has 2 heterocycles. The monoisotopic (exact) mass is 237 g/mol. The molecule has 3 rings (SSSR count). The Bertz CT molecular complexity index is 799. The van der Waals surface area contributed by atoms with E-state index in [4.69, 9.17) is 5.26 Å². The van der Waals surface area contributed by atoms with Crippen LogP contribution in [0.4, 0.5) is 5.69 Å². The molecule has 0 aliphatic rings. The number of carbonyl (C=O) groups excluding carboxylic acids is 1. The van der Waals surface area contributed by atoms with Crippen molar-refractivity contribution in [3.05, 3.63) is 30.2 Å². The lowest BCUT2D eigenvalue weighted by atomic mass is 10.1. The Morgan fingerprint density at radius 1 is 1.33 bits per heavy atom. The van der Waals surface area contributed by atoms with E-state index in [0.29, 0.717) is 17.7 Å². The average molecular weight is 237 g/mol. The molecule has 2 aromatic heterocycles. The van der Waals surface area contributed by atoms with Crippen LogP contribution in [0, 0.1) is 11.3 Å². The maximum Gasteiger partial charge on any atom is 0.211 e. The number of carbonyl (C=O) groups is 1. The molecule has 0 saturated heterocycles. The largest absolute Gasteiger partial charge is 0.360 e. The third-order valence-corrected chi connectivity index (χ3v) is 2.74. The topological polar surface area (TPSA) is 94.5 Å². The van der Waals surface area contributed by atoms with Gasteiger partial charge >= 0.3 is 0 Å². The maximum atomic E-state index is 10.6. The lowest BCUT2D eigenvalue weighted by Crippen LogP contribution is -1.99. The van der Waals surface area contributed by atoms with Gasteiger partial charge in [-0.2, -0.15) is 5.26 Å². The van der Waals surface area contributed by atoms with E-state index < -0.39 is 0 Å². The minimum absolute atomic E-state index is 0.369. The van der Waals surface area contributed by atoms with E-state index in [9.17, 15) is 4.79 Å². The lowest BCUT2D eigenvalue weighted by Gasteiger charge is -2.07. The molecule has 0 spiro atoms. The number of anilines is 1. The first kappa shape index (κ1) is 10.2. The number of rotatable bonds is 2. The summed E-state index contributed by atoms with van der Waals surface area (Å²) in [6, 6.07) is 5.65. The van der Waals surface area contributed by atoms with Crippen molar-refractivity contribution < 1.29 is 4.79 Å². The van der Waals surface area contributed by atoms with Gasteiger partial charge in [-0.1, -0.05) is 0 Å². The highest BCUT2D eigenvalue weighted by Gasteiger charge is 2.09. The van der Waals surface area contributed by atoms with Gasteiger partial charge in [-0.05, 0) is 12.1 Å². The molecule has 86 valence electrons. The van der Waals surface area contributed by atoms with Crippen LogP contribution in [0.1, 0.15) is 5.56 Å². The van der Waals surface area contributed by atoms with Crippen LogP contribution in [0.5, 0.6) is 0 Å². The van der Waals surface area contributed by atoms with Crippen molar-refractivity contribution in [1.82, 2.24) is 15.0 Å². The molecule has 0 bridgehead atoms. The minimum atomic E-state index is 0.369. The third-order valence-electron chi connectivity index (χ3n) is 2.74. The van der Waals surface area contributed by atoms with E-state index in [1.165, 1.54) is 6.33 Å². The fourth-order valence-electron chi connectivity index (χ4n) is 1.93. The van der Waals surface area contributed by atoms with Gasteiger partial charge in [0.1, 0.15) is 12.4 Å². The number of nitrogens with zero attached hydrogens (tertiary/aromatic N) is 3. The van der Waals surface area contributed by atoms with Crippen LogP contribution in [-0.4, -0.2) is 21.4 Å². The van der Waals surface area contributed by atoms with E-state index in [1.54, 1.807) is 12.3 Å². The van der Waals surface area contributed by atoms with E-state index >= 15 is 0 Å². The number of aromatic amines is 1. The zero-order valence-electron chi connectivity index (χ0n) is 9.14. The van der Waals surface area contributed by atoms with Crippen molar-refractivity contribution >= 4 is 34.0 Å². The first-order valence-corrected chi connectivity index (χ1v) is 5.19. The molecule has 18 heavy (non-hydrogen) atoms. The molecule has 1 amide bonds. The van der Waals surface area contributed by atoms with Crippen LogP contribution >= 0.6 is 0 Å². The van der Waals surface area contributed by atoms with Gasteiger partial charge in [0.2, 0.25) is 6.41 Å². The number of nitrogens with one attached hydrogen (secondary N) is 2. The summed E-state index contributed by atoms with van der Waals surface area (Å²) in [5.41, 5.74) is 3.12. The van der Waals surface area contributed by atoms with E-state index in [2.05, 4.69) is 20.3 Å². The average Bonchev–Trinajstić information content (AvgIpc) is 2.84. The van der Waals surface area contributed by atoms with Crippen LogP contribution in [0.15, 0.2) is 24.7 Å². The molecular formula is C12H7N5O. The van der Waals surface area contributed by atoms with Crippen molar-refractivity contribution in [2.75, 3.05) is 5.32 Å². The Morgan fingerprint density at radius 2 is 2.11 bits per heavy atom. The number of nitriles is 1. The summed E-state index contributed by atoms with van der Waals surface area (Å²) in [6.45, 7) is 0. The smallest absolute Gasteiger partial charge is 0.211 e. The predicted molar refractivity (Wildman–Crippen MR) is 65.8 cm³/mol. The molecule has 0 radical (unpaired) electrons. The fraction of sp³-hybridized carbons (Fsp3) is 0. The number of pyridine rings is 1. The van der Waals surface area contributed by atoms with Crippen LogP contribution in [0.2, 0.25) is 0 Å². The second-order valence-electron chi connectivity index (χ2n) is 3.71. The highest BCUT2D eigenvalue weighted by molar-refractivity contribution is 6.03. The Balaban J connectivity index is 2.44. The zero-order valence-corrected chi connectivity index (χ0v) is 9.14. The Morgan fingerprint density at radius 3 is 2.83 bits per heavy atom. The third kappa shape index (κ3) is 1.38. The van der Waals surface area contributed by atoms with Gasteiger partial charge in [-0.15, -0.1) is 0 Å². The van der Waals surface area contributed by atoms with Gasteiger partial charge in [0.05, 0.1) is 22.3 Å². The van der Waals surface area contributed by atoms with Crippen LogP contribution in [0.25, 0.3) is 21.9 Å². The normalized spacial score (nSPS) is 10.4. The maximum absolute atomic E-state index is 10.6. The summed E-state index contributed by atoms with van der Waals surface area (Å²) in [4.78, 5) is 21.8. The summed E-state index contributed by atoms with van der Waals surface area (Å²) < 4.78 is 0. The molecule has 0 unspecified atom stereocenters. The van der Waals surface area contributed by atoms with Gasteiger partial charge in [0.15, 0.2) is 0 Å². The van der Waals surface area contributed by atoms with Crippen LogP contribution < -0.4 is 5.32 Å².